The fourth-order valence-corrected chi connectivity index (χ4v) is 8.40. The molecule has 5 atom stereocenters. The highest BCUT2D eigenvalue weighted by atomic mass is 32.1. The first-order valence-electron chi connectivity index (χ1n) is 14.8. The zero-order chi connectivity index (χ0) is 28.5. The lowest BCUT2D eigenvalue weighted by atomic mass is 9.77. The quantitative estimate of drug-likeness (QED) is 0.281. The number of aryl methyl sites for hydroxylation is 2. The standard InChI is InChI=1S/C30H36N8O2S/c1-6-38-22-24(31-16(3)19-10-8-11-19)33-26(27-36-29(39)40-37-27)34-25(22)35-28(38)30(23-17(4)41-18(5)32-23)14-21(30)20-12-7-9-15(2)13-20/h1,15-16,19-21H,7-14H2,2-5H3,(H,31,33,34)(H,36,37,39)/t15-,16+,20?,21?,30?/m0/s1. The van der Waals surface area contributed by atoms with Gasteiger partial charge in [-0.2, -0.15) is 0 Å². The van der Waals surface area contributed by atoms with E-state index in [-0.39, 0.29) is 23.1 Å². The third kappa shape index (κ3) is 4.30. The molecule has 3 saturated carbocycles. The maximum atomic E-state index is 11.8. The summed E-state index contributed by atoms with van der Waals surface area (Å²) < 4.78 is 6.63. The number of nitrogens with zero attached hydrogens (tertiary/aromatic N) is 6. The predicted octanol–water partition coefficient (Wildman–Crippen LogP) is 5.41. The number of aromatic amines is 1. The number of rotatable bonds is 7. The van der Waals surface area contributed by atoms with Crippen LogP contribution < -0.4 is 11.1 Å². The summed E-state index contributed by atoms with van der Waals surface area (Å²) in [6.45, 7) is 8.78. The van der Waals surface area contributed by atoms with Crippen molar-refractivity contribution in [1.29, 1.82) is 0 Å². The molecule has 3 aliphatic carbocycles. The van der Waals surface area contributed by atoms with Gasteiger partial charge in [0.1, 0.15) is 11.3 Å². The highest BCUT2D eigenvalue weighted by Gasteiger charge is 2.64. The number of H-pyrrole nitrogens is 1. The Hall–Kier alpha value is -3.52. The fraction of sp³-hybridized carbons (Fsp3) is 0.600. The van der Waals surface area contributed by atoms with E-state index >= 15 is 0 Å². The van der Waals surface area contributed by atoms with Gasteiger partial charge < -0.3 is 5.32 Å². The van der Waals surface area contributed by atoms with Crippen LogP contribution in [0.4, 0.5) is 5.82 Å². The molecule has 0 aliphatic heterocycles. The van der Waals surface area contributed by atoms with Gasteiger partial charge in [-0.25, -0.2) is 29.3 Å². The average Bonchev–Trinajstić information content (AvgIpc) is 3.13. The summed E-state index contributed by atoms with van der Waals surface area (Å²) in [5.74, 6) is 3.44. The Kier molecular flexibility index (Phi) is 6.30. The molecule has 2 N–H and O–H groups in total. The van der Waals surface area contributed by atoms with Crippen molar-refractivity contribution < 1.29 is 4.52 Å². The molecule has 3 fully saturated rings. The average molecular weight is 573 g/mol. The lowest BCUT2D eigenvalue weighted by Gasteiger charge is -2.32. The van der Waals surface area contributed by atoms with Crippen LogP contribution in [-0.2, 0) is 5.41 Å². The smallest absolute Gasteiger partial charge is 0.365 e. The molecule has 4 heterocycles. The molecule has 0 bridgehead atoms. The minimum absolute atomic E-state index is 0.161. The third-order valence-electron chi connectivity index (χ3n) is 9.80. The van der Waals surface area contributed by atoms with Crippen molar-refractivity contribution in [3.05, 3.63) is 32.0 Å². The van der Waals surface area contributed by atoms with E-state index < -0.39 is 5.76 Å². The van der Waals surface area contributed by atoms with Gasteiger partial charge in [0.05, 0.1) is 16.1 Å². The second-order valence-electron chi connectivity index (χ2n) is 12.5. The van der Waals surface area contributed by atoms with E-state index in [9.17, 15) is 4.79 Å². The molecule has 0 radical (unpaired) electrons. The minimum atomic E-state index is -0.660. The van der Waals surface area contributed by atoms with Crippen LogP contribution in [0.25, 0.3) is 22.8 Å². The summed E-state index contributed by atoms with van der Waals surface area (Å²) in [4.78, 5) is 35.4. The number of imidazole rings is 1. The van der Waals surface area contributed by atoms with Crippen LogP contribution >= 0.6 is 11.3 Å². The summed E-state index contributed by atoms with van der Waals surface area (Å²) in [7, 11) is 0. The first kappa shape index (κ1) is 26.4. The Morgan fingerprint density at radius 3 is 2.61 bits per heavy atom. The number of nitrogens with one attached hydrogen (secondary N) is 2. The van der Waals surface area contributed by atoms with Crippen LogP contribution in [0.3, 0.4) is 0 Å². The SMILES string of the molecule is C#Cn1c(C2(c3nc(C)sc3C)CC2C2CCC[C@H](C)C2)nc2nc(-c3noc(=O)[nH]3)nc(N[C@H](C)C3CCC3)c21. The molecular weight excluding hydrogens is 536 g/mol. The van der Waals surface area contributed by atoms with Crippen molar-refractivity contribution >= 4 is 28.3 Å². The number of hydrogen-bond acceptors (Lipinski definition) is 9. The second-order valence-corrected chi connectivity index (χ2v) is 13.9. The van der Waals surface area contributed by atoms with Gasteiger partial charge in [0, 0.05) is 17.0 Å². The molecule has 214 valence electrons. The van der Waals surface area contributed by atoms with E-state index in [1.54, 1.807) is 11.3 Å². The van der Waals surface area contributed by atoms with Crippen molar-refractivity contribution in [2.24, 2.45) is 23.7 Å². The zero-order valence-corrected chi connectivity index (χ0v) is 24.8. The largest absolute Gasteiger partial charge is 0.439 e. The minimum Gasteiger partial charge on any atom is -0.365 e. The van der Waals surface area contributed by atoms with Crippen LogP contribution in [0, 0.1) is 50.0 Å². The maximum absolute atomic E-state index is 11.8. The molecule has 0 amide bonds. The molecule has 3 aliphatic rings. The normalized spacial score (nSPS) is 27.0. The first-order valence-corrected chi connectivity index (χ1v) is 15.6. The van der Waals surface area contributed by atoms with E-state index in [4.69, 9.17) is 30.9 Å². The van der Waals surface area contributed by atoms with Gasteiger partial charge in [0.25, 0.3) is 0 Å². The molecular formula is C30H36N8O2S. The highest BCUT2D eigenvalue weighted by molar-refractivity contribution is 7.11. The van der Waals surface area contributed by atoms with Gasteiger partial charge >= 0.3 is 5.76 Å². The van der Waals surface area contributed by atoms with Gasteiger partial charge in [-0.3, -0.25) is 9.51 Å². The molecule has 41 heavy (non-hydrogen) atoms. The molecule has 0 spiro atoms. The first-order chi connectivity index (χ1) is 19.8. The Balaban J connectivity index is 1.42. The molecule has 11 heteroatoms. The van der Waals surface area contributed by atoms with E-state index in [1.165, 1.54) is 49.8 Å². The predicted molar refractivity (Wildman–Crippen MR) is 158 cm³/mol. The number of aromatic nitrogens is 7. The van der Waals surface area contributed by atoms with Crippen molar-refractivity contribution in [2.75, 3.05) is 5.32 Å². The molecule has 10 nitrogen and oxygen atoms in total. The molecule has 4 aromatic heterocycles. The van der Waals surface area contributed by atoms with Gasteiger partial charge in [-0.1, -0.05) is 44.2 Å². The van der Waals surface area contributed by atoms with Gasteiger partial charge in [0.2, 0.25) is 11.6 Å². The number of hydrogen-bond donors (Lipinski definition) is 2. The van der Waals surface area contributed by atoms with Gasteiger partial charge in [-0.15, -0.1) is 11.3 Å². The molecule has 0 aromatic carbocycles. The van der Waals surface area contributed by atoms with Crippen LogP contribution in [0.2, 0.25) is 0 Å². The van der Waals surface area contributed by atoms with Crippen molar-refractivity contribution in [2.45, 2.75) is 90.5 Å². The van der Waals surface area contributed by atoms with Crippen LogP contribution in [0.1, 0.15) is 86.6 Å². The second kappa shape index (κ2) is 9.79. The van der Waals surface area contributed by atoms with Crippen LogP contribution in [0.5, 0.6) is 0 Å². The zero-order valence-electron chi connectivity index (χ0n) is 24.0. The summed E-state index contributed by atoms with van der Waals surface area (Å²) in [6, 6.07) is 3.13. The number of anilines is 1. The van der Waals surface area contributed by atoms with Gasteiger partial charge in [0.15, 0.2) is 11.5 Å². The van der Waals surface area contributed by atoms with Crippen molar-refractivity contribution in [3.8, 4) is 24.1 Å². The Bertz CT molecular complexity index is 1720. The number of fused-ring (bicyclic) bond motifs is 1. The van der Waals surface area contributed by atoms with E-state index in [1.807, 2.05) is 4.57 Å². The Labute approximate surface area is 242 Å². The lowest BCUT2D eigenvalue weighted by Crippen LogP contribution is -2.31. The van der Waals surface area contributed by atoms with E-state index in [2.05, 4.69) is 49.2 Å². The van der Waals surface area contributed by atoms with Crippen molar-refractivity contribution in [3.63, 3.8) is 0 Å². The van der Waals surface area contributed by atoms with Crippen LogP contribution in [-0.4, -0.2) is 40.7 Å². The van der Waals surface area contributed by atoms with E-state index in [0.29, 0.717) is 34.7 Å². The van der Waals surface area contributed by atoms with Crippen molar-refractivity contribution in [1.82, 2.24) is 34.6 Å². The topological polar surface area (TPSA) is 127 Å². The highest BCUT2D eigenvalue weighted by Crippen LogP contribution is 2.65. The summed E-state index contributed by atoms with van der Waals surface area (Å²) >= 11 is 1.73. The monoisotopic (exact) mass is 572 g/mol. The van der Waals surface area contributed by atoms with E-state index in [0.717, 1.165) is 28.9 Å². The third-order valence-corrected chi connectivity index (χ3v) is 10.7. The number of thiazole rings is 1. The van der Waals surface area contributed by atoms with Crippen LogP contribution in [0.15, 0.2) is 9.32 Å². The Morgan fingerprint density at radius 1 is 1.17 bits per heavy atom. The maximum Gasteiger partial charge on any atom is 0.439 e. The molecule has 4 aromatic rings. The molecule has 7 rings (SSSR count). The number of terminal acetylenes is 1. The van der Waals surface area contributed by atoms with Gasteiger partial charge in [-0.05, 0) is 70.1 Å². The lowest BCUT2D eigenvalue weighted by molar-refractivity contribution is 0.246. The fourth-order valence-electron chi connectivity index (χ4n) is 7.50. The molecule has 3 unspecified atom stereocenters. The summed E-state index contributed by atoms with van der Waals surface area (Å²) in [5, 5.41) is 8.53. The molecule has 0 saturated heterocycles. The summed E-state index contributed by atoms with van der Waals surface area (Å²) in [5.41, 5.74) is 1.88. The Morgan fingerprint density at radius 2 is 1.98 bits per heavy atom. The summed E-state index contributed by atoms with van der Waals surface area (Å²) in [6.07, 6.45) is 15.9.